The second-order valence-corrected chi connectivity index (χ2v) is 5.60. The van der Waals surface area contributed by atoms with Crippen LogP contribution in [0, 0.1) is 5.41 Å². The fourth-order valence-electron chi connectivity index (χ4n) is 1.56. The number of aliphatic hydroxyl groups excluding tert-OH is 1. The van der Waals surface area contributed by atoms with Gasteiger partial charge < -0.3 is 5.11 Å². The number of carbonyl (C=O) groups is 1. The highest BCUT2D eigenvalue weighted by Crippen LogP contribution is 2.23. The van der Waals surface area contributed by atoms with Gasteiger partial charge in [0.05, 0.1) is 0 Å². The highest BCUT2D eigenvalue weighted by molar-refractivity contribution is 5.83. The third kappa shape index (κ3) is 6.90. The minimum Gasteiger partial charge on any atom is -0.372 e. The van der Waals surface area contributed by atoms with Crippen LogP contribution in [0.25, 0.3) is 0 Å². The van der Waals surface area contributed by atoms with Crippen molar-refractivity contribution in [1.29, 1.82) is 0 Å². The number of aliphatic imine (C=N–C) groups is 1. The van der Waals surface area contributed by atoms with E-state index in [1.54, 1.807) is 0 Å². The van der Waals surface area contributed by atoms with Gasteiger partial charge in [-0.1, -0.05) is 27.7 Å². The average molecular weight is 255 g/mol. The van der Waals surface area contributed by atoms with Crippen LogP contribution in [-0.4, -0.2) is 22.8 Å². The number of Topliss-reactive ketones (excluding diaryl/α,β-unsaturated/α-hetero) is 1. The lowest BCUT2D eigenvalue weighted by molar-refractivity contribution is -0.127. The normalized spacial score (nSPS) is 14.7. The Hall–Kier alpha value is -0.700. The fraction of sp³-hybridized carbons (Fsp3) is 0.867. The molecule has 0 bridgehead atoms. The predicted octanol–water partition coefficient (Wildman–Crippen LogP) is 3.74. The zero-order valence-corrected chi connectivity index (χ0v) is 12.6. The molecule has 0 radical (unpaired) electrons. The molecule has 0 aliphatic carbocycles. The van der Waals surface area contributed by atoms with Crippen LogP contribution in [0.5, 0.6) is 0 Å². The Morgan fingerprint density at radius 3 is 2.39 bits per heavy atom. The summed E-state index contributed by atoms with van der Waals surface area (Å²) in [4.78, 5) is 16.0. The van der Waals surface area contributed by atoms with Crippen molar-refractivity contribution in [2.24, 2.45) is 10.4 Å². The minimum absolute atomic E-state index is 0.199. The smallest absolute Gasteiger partial charge is 0.145 e. The van der Waals surface area contributed by atoms with Crippen LogP contribution in [0.15, 0.2) is 4.99 Å². The van der Waals surface area contributed by atoms with Gasteiger partial charge in [-0.25, -0.2) is 0 Å². The topological polar surface area (TPSA) is 49.7 Å². The van der Waals surface area contributed by atoms with Crippen molar-refractivity contribution in [3.63, 3.8) is 0 Å². The predicted molar refractivity (Wildman–Crippen MR) is 77.0 cm³/mol. The molecule has 0 spiro atoms. The van der Waals surface area contributed by atoms with Gasteiger partial charge in [0, 0.05) is 17.5 Å². The first-order valence-electron chi connectivity index (χ1n) is 7.08. The zero-order chi connectivity index (χ0) is 14.2. The van der Waals surface area contributed by atoms with E-state index < -0.39 is 6.23 Å². The Morgan fingerprint density at radius 1 is 1.28 bits per heavy atom. The van der Waals surface area contributed by atoms with E-state index in [1.165, 1.54) is 0 Å². The van der Waals surface area contributed by atoms with Crippen LogP contribution in [0.2, 0.25) is 0 Å². The third-order valence-corrected chi connectivity index (χ3v) is 3.64. The Bertz CT molecular complexity index is 282. The van der Waals surface area contributed by atoms with Gasteiger partial charge in [0.1, 0.15) is 12.0 Å². The number of ketones is 1. The lowest BCUT2D eigenvalue weighted by Crippen LogP contribution is -2.22. The molecule has 0 aromatic rings. The first kappa shape index (κ1) is 17.3. The molecule has 18 heavy (non-hydrogen) atoms. The summed E-state index contributed by atoms with van der Waals surface area (Å²) in [5.41, 5.74) is 0.779. The summed E-state index contributed by atoms with van der Waals surface area (Å²) >= 11 is 0. The van der Waals surface area contributed by atoms with Crippen LogP contribution in [0.3, 0.4) is 0 Å². The van der Waals surface area contributed by atoms with Crippen LogP contribution >= 0.6 is 0 Å². The quantitative estimate of drug-likeness (QED) is 0.504. The Morgan fingerprint density at radius 2 is 1.89 bits per heavy atom. The van der Waals surface area contributed by atoms with Crippen molar-refractivity contribution in [1.82, 2.24) is 0 Å². The van der Waals surface area contributed by atoms with Crippen molar-refractivity contribution >= 4 is 11.5 Å². The Labute approximate surface area is 112 Å². The van der Waals surface area contributed by atoms with Gasteiger partial charge in [-0.2, -0.15) is 0 Å². The van der Waals surface area contributed by atoms with E-state index in [-0.39, 0.29) is 5.41 Å². The number of nitrogens with zero attached hydrogens (tertiary/aromatic N) is 1. The molecule has 0 heterocycles. The number of aliphatic hydroxyl groups is 1. The SMILES string of the molecule is CCC(C)=NC(O)CCCCC(=O)C(C)(C)CC. The zero-order valence-electron chi connectivity index (χ0n) is 12.6. The van der Waals surface area contributed by atoms with E-state index in [2.05, 4.69) is 4.99 Å². The van der Waals surface area contributed by atoms with E-state index in [9.17, 15) is 9.90 Å². The highest BCUT2D eigenvalue weighted by atomic mass is 16.3. The van der Waals surface area contributed by atoms with Crippen molar-refractivity contribution in [2.75, 3.05) is 0 Å². The molecule has 1 N–H and O–H groups in total. The van der Waals surface area contributed by atoms with Gasteiger partial charge in [-0.3, -0.25) is 9.79 Å². The maximum atomic E-state index is 11.9. The Balaban J connectivity index is 3.84. The van der Waals surface area contributed by atoms with Crippen LogP contribution < -0.4 is 0 Å². The molecule has 1 atom stereocenters. The van der Waals surface area contributed by atoms with E-state index in [0.29, 0.717) is 18.6 Å². The second-order valence-electron chi connectivity index (χ2n) is 5.60. The summed E-state index contributed by atoms with van der Waals surface area (Å²) in [5, 5.41) is 9.65. The maximum absolute atomic E-state index is 11.9. The molecule has 1 unspecified atom stereocenters. The summed E-state index contributed by atoms with van der Waals surface area (Å²) in [6.45, 7) is 10.00. The molecule has 0 saturated carbocycles. The average Bonchev–Trinajstić information content (AvgIpc) is 2.33. The number of unbranched alkanes of at least 4 members (excludes halogenated alkanes) is 1. The molecule has 0 rings (SSSR count). The molecule has 0 aliphatic heterocycles. The summed E-state index contributed by atoms with van der Waals surface area (Å²) in [6, 6.07) is 0. The molecule has 0 aliphatic rings. The molecule has 0 fully saturated rings. The first-order chi connectivity index (χ1) is 8.33. The van der Waals surface area contributed by atoms with Gasteiger partial charge in [0.25, 0.3) is 0 Å². The monoisotopic (exact) mass is 255 g/mol. The summed E-state index contributed by atoms with van der Waals surface area (Å²) < 4.78 is 0. The third-order valence-electron chi connectivity index (χ3n) is 3.64. The molecular weight excluding hydrogens is 226 g/mol. The molecule has 3 nitrogen and oxygen atoms in total. The second kappa shape index (κ2) is 8.41. The lowest BCUT2D eigenvalue weighted by Gasteiger charge is -2.20. The maximum Gasteiger partial charge on any atom is 0.145 e. The molecule has 0 aromatic carbocycles. The van der Waals surface area contributed by atoms with E-state index in [1.807, 2.05) is 34.6 Å². The molecule has 0 amide bonds. The van der Waals surface area contributed by atoms with E-state index in [4.69, 9.17) is 0 Å². The molecular formula is C15H29NO2. The molecule has 3 heteroatoms. The largest absolute Gasteiger partial charge is 0.372 e. The van der Waals surface area contributed by atoms with E-state index >= 15 is 0 Å². The van der Waals surface area contributed by atoms with Gasteiger partial charge in [-0.05, 0) is 39.0 Å². The van der Waals surface area contributed by atoms with Crippen molar-refractivity contribution in [3.8, 4) is 0 Å². The minimum atomic E-state index is -0.598. The number of rotatable bonds is 9. The van der Waals surface area contributed by atoms with Crippen LogP contribution in [0.1, 0.15) is 73.1 Å². The number of hydrogen-bond donors (Lipinski definition) is 1. The standard InChI is InChI=1S/C15H29NO2/c1-6-12(3)16-14(18)11-9-8-10-13(17)15(4,5)7-2/h14,18H,6-11H2,1-5H3. The fourth-order valence-corrected chi connectivity index (χ4v) is 1.56. The first-order valence-corrected chi connectivity index (χ1v) is 7.08. The van der Waals surface area contributed by atoms with Crippen molar-refractivity contribution in [3.05, 3.63) is 0 Å². The Kier molecular flexibility index (Phi) is 8.08. The summed E-state index contributed by atoms with van der Waals surface area (Å²) in [6.07, 6.45) is 4.13. The van der Waals surface area contributed by atoms with Crippen LogP contribution in [-0.2, 0) is 4.79 Å². The van der Waals surface area contributed by atoms with E-state index in [0.717, 1.165) is 31.4 Å². The van der Waals surface area contributed by atoms with Gasteiger partial charge in [-0.15, -0.1) is 0 Å². The van der Waals surface area contributed by atoms with Gasteiger partial charge in [0.15, 0.2) is 0 Å². The summed E-state index contributed by atoms with van der Waals surface area (Å²) in [7, 11) is 0. The number of carbonyl (C=O) groups excluding carboxylic acids is 1. The molecule has 106 valence electrons. The number of hydrogen-bond acceptors (Lipinski definition) is 3. The van der Waals surface area contributed by atoms with Crippen LogP contribution in [0.4, 0.5) is 0 Å². The van der Waals surface area contributed by atoms with Gasteiger partial charge >= 0.3 is 0 Å². The lowest BCUT2D eigenvalue weighted by atomic mass is 9.83. The molecule has 0 aromatic heterocycles. The highest BCUT2D eigenvalue weighted by Gasteiger charge is 2.24. The van der Waals surface area contributed by atoms with Gasteiger partial charge in [0.2, 0.25) is 0 Å². The summed E-state index contributed by atoms with van der Waals surface area (Å²) in [5.74, 6) is 0.327. The van der Waals surface area contributed by atoms with Crippen molar-refractivity contribution in [2.45, 2.75) is 79.4 Å². The molecule has 0 saturated heterocycles. The van der Waals surface area contributed by atoms with Crippen molar-refractivity contribution < 1.29 is 9.90 Å².